The molecule has 0 spiro atoms. The van der Waals surface area contributed by atoms with E-state index in [0.29, 0.717) is 12.3 Å². The minimum Gasteiger partial charge on any atom is -0.395 e. The Morgan fingerprint density at radius 1 is 1.50 bits per heavy atom. The van der Waals surface area contributed by atoms with Crippen LogP contribution in [0.4, 0.5) is 0 Å². The second-order valence-electron chi connectivity index (χ2n) is 4.14. The normalized spacial score (nSPS) is 30.6. The first kappa shape index (κ1) is 11.0. The van der Waals surface area contributed by atoms with Crippen LogP contribution in [0.5, 0.6) is 0 Å². The molecule has 2 atom stereocenters. The lowest BCUT2D eigenvalue weighted by Crippen LogP contribution is -2.37. The van der Waals surface area contributed by atoms with Gasteiger partial charge in [0.05, 0.1) is 12.7 Å². The van der Waals surface area contributed by atoms with Crippen molar-refractivity contribution < 1.29 is 5.11 Å². The Bertz CT molecular complexity index is 285. The van der Waals surface area contributed by atoms with Crippen molar-refractivity contribution in [1.29, 1.82) is 5.26 Å². The molecule has 14 heavy (non-hydrogen) atoms. The van der Waals surface area contributed by atoms with Crippen LogP contribution in [-0.4, -0.2) is 11.7 Å². The highest BCUT2D eigenvalue weighted by atomic mass is 16.3. The summed E-state index contributed by atoms with van der Waals surface area (Å²) in [5.74, 6) is 0.481. The van der Waals surface area contributed by atoms with Crippen LogP contribution in [0.25, 0.3) is 0 Å². The maximum atomic E-state index is 9.51. The molecule has 1 aliphatic carbocycles. The van der Waals surface area contributed by atoms with E-state index in [4.69, 9.17) is 5.26 Å². The molecule has 0 aliphatic heterocycles. The molecule has 0 amide bonds. The second-order valence-corrected chi connectivity index (χ2v) is 4.14. The summed E-state index contributed by atoms with van der Waals surface area (Å²) in [5, 5.41) is 18.3. The van der Waals surface area contributed by atoms with Gasteiger partial charge < -0.3 is 5.11 Å². The third kappa shape index (κ3) is 1.73. The van der Waals surface area contributed by atoms with Crippen molar-refractivity contribution >= 4 is 0 Å². The zero-order valence-electron chi connectivity index (χ0n) is 8.77. The number of rotatable bonds is 3. The predicted molar refractivity (Wildman–Crippen MR) is 56.4 cm³/mol. The van der Waals surface area contributed by atoms with Gasteiger partial charge >= 0.3 is 0 Å². The predicted octanol–water partition coefficient (Wildman–Crippen LogP) is 2.28. The third-order valence-corrected chi connectivity index (χ3v) is 3.21. The fraction of sp³-hybridized carbons (Fsp3) is 0.583. The Balaban J connectivity index is 2.97. The van der Waals surface area contributed by atoms with Gasteiger partial charge in [0.2, 0.25) is 0 Å². The molecule has 76 valence electrons. The monoisotopic (exact) mass is 191 g/mol. The van der Waals surface area contributed by atoms with E-state index in [9.17, 15) is 5.11 Å². The van der Waals surface area contributed by atoms with Gasteiger partial charge in [-0.05, 0) is 5.92 Å². The number of hydrogen-bond acceptors (Lipinski definition) is 2. The van der Waals surface area contributed by atoms with Crippen molar-refractivity contribution in [1.82, 2.24) is 0 Å². The van der Waals surface area contributed by atoms with E-state index in [1.807, 2.05) is 24.3 Å². The molecule has 0 bridgehead atoms. The minimum absolute atomic E-state index is 0.109. The smallest absolute Gasteiger partial charge is 0.0628 e. The SMILES string of the molecule is CC(C)[C@@]1(CO)C=CC=CC1CC#N. The molecule has 0 aromatic heterocycles. The van der Waals surface area contributed by atoms with Gasteiger partial charge in [0, 0.05) is 17.8 Å². The molecule has 1 aliphatic rings. The average Bonchev–Trinajstić information content (AvgIpc) is 2.19. The summed E-state index contributed by atoms with van der Waals surface area (Å²) in [5.41, 5.74) is -0.246. The molecule has 0 saturated heterocycles. The summed E-state index contributed by atoms with van der Waals surface area (Å²) in [6.45, 7) is 4.28. The molecular weight excluding hydrogens is 174 g/mol. The number of nitriles is 1. The van der Waals surface area contributed by atoms with Crippen LogP contribution in [0.3, 0.4) is 0 Å². The van der Waals surface area contributed by atoms with Gasteiger partial charge in [-0.2, -0.15) is 5.26 Å². The molecule has 2 heteroatoms. The minimum atomic E-state index is -0.246. The summed E-state index contributed by atoms with van der Waals surface area (Å²) >= 11 is 0. The Morgan fingerprint density at radius 3 is 2.71 bits per heavy atom. The van der Waals surface area contributed by atoms with Gasteiger partial charge in [-0.15, -0.1) is 0 Å². The topological polar surface area (TPSA) is 44.0 Å². The number of hydrogen-bond donors (Lipinski definition) is 1. The molecule has 0 saturated carbocycles. The van der Waals surface area contributed by atoms with Crippen molar-refractivity contribution in [2.24, 2.45) is 17.3 Å². The second kappa shape index (κ2) is 4.43. The van der Waals surface area contributed by atoms with Crippen LogP contribution in [0, 0.1) is 28.6 Å². The molecule has 0 heterocycles. The van der Waals surface area contributed by atoms with E-state index in [1.54, 1.807) is 0 Å². The molecule has 0 fully saturated rings. The largest absolute Gasteiger partial charge is 0.395 e. The molecule has 0 aromatic carbocycles. The van der Waals surface area contributed by atoms with Gasteiger partial charge in [-0.25, -0.2) is 0 Å². The van der Waals surface area contributed by atoms with Crippen molar-refractivity contribution in [3.05, 3.63) is 24.3 Å². The van der Waals surface area contributed by atoms with Crippen molar-refractivity contribution in [2.45, 2.75) is 20.3 Å². The lowest BCUT2D eigenvalue weighted by molar-refractivity contribution is 0.0817. The van der Waals surface area contributed by atoms with Crippen molar-refractivity contribution in [3.8, 4) is 6.07 Å². The Labute approximate surface area is 85.6 Å². The van der Waals surface area contributed by atoms with Crippen molar-refractivity contribution in [3.63, 3.8) is 0 Å². The fourth-order valence-corrected chi connectivity index (χ4v) is 2.07. The molecular formula is C12H17NO. The van der Waals surface area contributed by atoms with Gasteiger partial charge in [0.25, 0.3) is 0 Å². The van der Waals surface area contributed by atoms with E-state index in [-0.39, 0.29) is 17.9 Å². The number of aliphatic hydroxyl groups excluding tert-OH is 1. The van der Waals surface area contributed by atoms with Crippen LogP contribution in [-0.2, 0) is 0 Å². The van der Waals surface area contributed by atoms with Gasteiger partial charge in [-0.1, -0.05) is 38.2 Å². The standard InChI is InChI=1S/C12H17NO/c1-10(2)12(9-14)7-4-3-5-11(12)6-8-13/h3-5,7,10-11,14H,6,9H2,1-2H3/t11?,12-/m0/s1. The van der Waals surface area contributed by atoms with E-state index >= 15 is 0 Å². The highest BCUT2D eigenvalue weighted by molar-refractivity contribution is 5.22. The molecule has 0 radical (unpaired) electrons. The molecule has 1 N–H and O–H groups in total. The average molecular weight is 191 g/mol. The van der Waals surface area contributed by atoms with E-state index in [1.165, 1.54) is 0 Å². The molecule has 2 nitrogen and oxygen atoms in total. The van der Waals surface area contributed by atoms with Crippen LogP contribution >= 0.6 is 0 Å². The number of aliphatic hydroxyl groups is 1. The van der Waals surface area contributed by atoms with Crippen LogP contribution in [0.1, 0.15) is 20.3 Å². The highest BCUT2D eigenvalue weighted by Gasteiger charge is 2.38. The quantitative estimate of drug-likeness (QED) is 0.743. The summed E-state index contributed by atoms with van der Waals surface area (Å²) in [4.78, 5) is 0. The van der Waals surface area contributed by atoms with Crippen molar-refractivity contribution in [2.75, 3.05) is 6.61 Å². The van der Waals surface area contributed by atoms with Crippen LogP contribution < -0.4 is 0 Å². The summed E-state index contributed by atoms with van der Waals surface area (Å²) < 4.78 is 0. The summed E-state index contributed by atoms with van der Waals surface area (Å²) in [7, 11) is 0. The maximum Gasteiger partial charge on any atom is 0.0628 e. The summed E-state index contributed by atoms with van der Waals surface area (Å²) in [6.07, 6.45) is 8.46. The van der Waals surface area contributed by atoms with Crippen LogP contribution in [0.2, 0.25) is 0 Å². The van der Waals surface area contributed by atoms with Gasteiger partial charge in [0.1, 0.15) is 0 Å². The first-order valence-corrected chi connectivity index (χ1v) is 5.01. The molecule has 1 unspecified atom stereocenters. The number of allylic oxidation sites excluding steroid dienone is 3. The molecule has 1 rings (SSSR count). The first-order chi connectivity index (χ1) is 6.67. The fourth-order valence-electron chi connectivity index (χ4n) is 2.07. The van der Waals surface area contributed by atoms with Gasteiger partial charge in [-0.3, -0.25) is 0 Å². The van der Waals surface area contributed by atoms with E-state index in [0.717, 1.165) is 0 Å². The lowest BCUT2D eigenvalue weighted by Gasteiger charge is -2.39. The highest BCUT2D eigenvalue weighted by Crippen LogP contribution is 2.41. The van der Waals surface area contributed by atoms with Gasteiger partial charge in [0.15, 0.2) is 0 Å². The lowest BCUT2D eigenvalue weighted by atomic mass is 9.65. The maximum absolute atomic E-state index is 9.51. The molecule has 0 aromatic rings. The Hall–Kier alpha value is -1.07. The van der Waals surface area contributed by atoms with E-state index < -0.39 is 0 Å². The zero-order chi connectivity index (χ0) is 10.6. The van der Waals surface area contributed by atoms with Crippen LogP contribution in [0.15, 0.2) is 24.3 Å². The summed E-state index contributed by atoms with van der Waals surface area (Å²) in [6, 6.07) is 2.19. The Morgan fingerprint density at radius 2 is 2.21 bits per heavy atom. The number of nitrogens with zero attached hydrogens (tertiary/aromatic N) is 1. The van der Waals surface area contributed by atoms with E-state index in [2.05, 4.69) is 19.9 Å². The zero-order valence-corrected chi connectivity index (χ0v) is 8.77. The first-order valence-electron chi connectivity index (χ1n) is 5.01. The Kier molecular flexibility index (Phi) is 3.49. The third-order valence-electron chi connectivity index (χ3n) is 3.21.